The molecule has 0 fully saturated rings. The zero-order chi connectivity index (χ0) is 17.7. The smallest absolute Gasteiger partial charge is 0.193 e. The van der Waals surface area contributed by atoms with Crippen LogP contribution in [0, 0.1) is 10.5 Å². The number of allylic oxidation sites excluding steroid dienone is 2. The summed E-state index contributed by atoms with van der Waals surface area (Å²) in [5, 5.41) is 0. The van der Waals surface area contributed by atoms with Crippen molar-refractivity contribution in [2.75, 3.05) is 0 Å². The lowest BCUT2D eigenvalue weighted by atomic mass is 9.67. The largest absolute Gasteiger partial charge is 0.289 e. The Morgan fingerprint density at radius 2 is 1.38 bits per heavy atom. The second kappa shape index (κ2) is 5.83. The van der Waals surface area contributed by atoms with Crippen molar-refractivity contribution in [2.24, 2.45) is 0 Å². The fraction of sp³-hybridized carbons (Fsp3) is 0.318. The molecule has 0 spiro atoms. The van der Waals surface area contributed by atoms with Gasteiger partial charge in [0.15, 0.2) is 5.78 Å². The quantitative estimate of drug-likeness (QED) is 0.327. The Balaban J connectivity index is 2.15. The first-order chi connectivity index (χ1) is 11.1. The van der Waals surface area contributed by atoms with E-state index in [0.29, 0.717) is 0 Å². The van der Waals surface area contributed by atoms with Gasteiger partial charge in [0.25, 0.3) is 0 Å². The van der Waals surface area contributed by atoms with Crippen LogP contribution in [0.5, 0.6) is 0 Å². The van der Waals surface area contributed by atoms with Crippen LogP contribution in [0.1, 0.15) is 60.3 Å². The third-order valence-electron chi connectivity index (χ3n) is 5.02. The standard InChI is InChI=1S/C22H23IO/c1-14-12-18-19(22(4,5)11-10-21(18,2)3)13-17(14)20(24)15-6-8-16(23)9-7-15/h6-13H,1-5H3. The second-order valence-electron chi connectivity index (χ2n) is 7.83. The van der Waals surface area contributed by atoms with Gasteiger partial charge in [-0.25, -0.2) is 0 Å². The number of aryl methyl sites for hydroxylation is 1. The van der Waals surface area contributed by atoms with Gasteiger partial charge in [0, 0.05) is 25.5 Å². The van der Waals surface area contributed by atoms with Crippen molar-refractivity contribution in [1.29, 1.82) is 0 Å². The highest BCUT2D eigenvalue weighted by Crippen LogP contribution is 2.42. The van der Waals surface area contributed by atoms with Gasteiger partial charge in [0.1, 0.15) is 0 Å². The summed E-state index contributed by atoms with van der Waals surface area (Å²) in [6.07, 6.45) is 4.55. The Morgan fingerprint density at radius 3 is 1.92 bits per heavy atom. The molecule has 0 saturated carbocycles. The summed E-state index contributed by atoms with van der Waals surface area (Å²) >= 11 is 2.26. The molecule has 2 aromatic carbocycles. The first kappa shape index (κ1) is 17.4. The molecule has 2 heteroatoms. The Kier molecular flexibility index (Phi) is 4.23. The van der Waals surface area contributed by atoms with Gasteiger partial charge in [0.05, 0.1) is 0 Å². The van der Waals surface area contributed by atoms with E-state index >= 15 is 0 Å². The molecule has 0 aromatic heterocycles. The molecule has 1 aliphatic carbocycles. The lowest BCUT2D eigenvalue weighted by Crippen LogP contribution is -2.29. The van der Waals surface area contributed by atoms with Gasteiger partial charge in [-0.15, -0.1) is 0 Å². The third kappa shape index (κ3) is 2.97. The molecule has 1 aliphatic rings. The van der Waals surface area contributed by atoms with Crippen LogP contribution in [0.2, 0.25) is 0 Å². The van der Waals surface area contributed by atoms with E-state index in [1.54, 1.807) is 0 Å². The van der Waals surface area contributed by atoms with Gasteiger partial charge in [-0.1, -0.05) is 45.9 Å². The average Bonchev–Trinajstić information content (AvgIpc) is 2.52. The lowest BCUT2D eigenvalue weighted by molar-refractivity contribution is 0.103. The molecule has 124 valence electrons. The lowest BCUT2D eigenvalue weighted by Gasteiger charge is -2.37. The number of rotatable bonds is 2. The first-order valence-corrected chi connectivity index (χ1v) is 9.36. The van der Waals surface area contributed by atoms with Crippen LogP contribution >= 0.6 is 22.6 Å². The molecule has 0 unspecified atom stereocenters. The number of fused-ring (bicyclic) bond motifs is 1. The fourth-order valence-corrected chi connectivity index (χ4v) is 3.73. The Bertz CT molecular complexity index is 839. The Hall–Kier alpha value is -1.42. The van der Waals surface area contributed by atoms with Gasteiger partial charge in [-0.3, -0.25) is 4.79 Å². The number of hydrogen-bond acceptors (Lipinski definition) is 1. The van der Waals surface area contributed by atoms with E-state index in [0.717, 1.165) is 20.3 Å². The molecule has 0 radical (unpaired) electrons. The molecule has 3 rings (SSSR count). The molecule has 0 N–H and O–H groups in total. The van der Waals surface area contributed by atoms with Crippen LogP contribution in [-0.2, 0) is 10.8 Å². The summed E-state index contributed by atoms with van der Waals surface area (Å²) < 4.78 is 1.14. The SMILES string of the molecule is Cc1cc2c(cc1C(=O)c1ccc(I)cc1)C(C)(C)C=CC2(C)C. The number of benzene rings is 2. The number of carbonyl (C=O) groups excluding carboxylic acids is 1. The zero-order valence-corrected chi connectivity index (χ0v) is 17.1. The molecule has 0 aliphatic heterocycles. The fourth-order valence-electron chi connectivity index (χ4n) is 3.37. The van der Waals surface area contributed by atoms with Gasteiger partial charge in [-0.2, -0.15) is 0 Å². The zero-order valence-electron chi connectivity index (χ0n) is 14.9. The minimum absolute atomic E-state index is 0.0000499. The maximum Gasteiger partial charge on any atom is 0.193 e. The minimum atomic E-state index is -0.0559. The van der Waals surface area contributed by atoms with Crippen molar-refractivity contribution in [3.63, 3.8) is 0 Å². The predicted octanol–water partition coefficient (Wildman–Crippen LogP) is 5.96. The van der Waals surface area contributed by atoms with E-state index in [1.165, 1.54) is 11.1 Å². The predicted molar refractivity (Wildman–Crippen MR) is 109 cm³/mol. The van der Waals surface area contributed by atoms with Crippen molar-refractivity contribution >= 4 is 28.4 Å². The van der Waals surface area contributed by atoms with Crippen molar-refractivity contribution < 1.29 is 4.79 Å². The van der Waals surface area contributed by atoms with Crippen LogP contribution in [0.15, 0.2) is 48.6 Å². The van der Waals surface area contributed by atoms with Crippen molar-refractivity contribution in [3.8, 4) is 0 Å². The van der Waals surface area contributed by atoms with Crippen LogP contribution < -0.4 is 0 Å². The van der Waals surface area contributed by atoms with E-state index in [2.05, 4.69) is 74.6 Å². The molecule has 0 saturated heterocycles. The van der Waals surface area contributed by atoms with Crippen LogP contribution in [0.3, 0.4) is 0 Å². The third-order valence-corrected chi connectivity index (χ3v) is 5.74. The topological polar surface area (TPSA) is 17.1 Å². The highest BCUT2D eigenvalue weighted by Gasteiger charge is 2.33. The van der Waals surface area contributed by atoms with Crippen LogP contribution in [-0.4, -0.2) is 5.78 Å². The first-order valence-electron chi connectivity index (χ1n) is 8.28. The molecule has 0 atom stereocenters. The van der Waals surface area contributed by atoms with Crippen LogP contribution in [0.25, 0.3) is 0 Å². The van der Waals surface area contributed by atoms with Gasteiger partial charge < -0.3 is 0 Å². The Morgan fingerprint density at radius 1 is 0.875 bits per heavy atom. The molecule has 0 heterocycles. The molecule has 0 amide bonds. The average molecular weight is 430 g/mol. The molecule has 2 aromatic rings. The van der Waals surface area contributed by atoms with Crippen LogP contribution in [0.4, 0.5) is 0 Å². The summed E-state index contributed by atoms with van der Waals surface area (Å²) in [5.74, 6) is 0.106. The minimum Gasteiger partial charge on any atom is -0.289 e. The van der Waals surface area contributed by atoms with E-state index in [-0.39, 0.29) is 16.6 Å². The molecular weight excluding hydrogens is 407 g/mol. The van der Waals surface area contributed by atoms with E-state index in [1.807, 2.05) is 31.2 Å². The molecule has 1 nitrogen and oxygen atoms in total. The number of ketones is 1. The molecule has 24 heavy (non-hydrogen) atoms. The van der Waals surface area contributed by atoms with Crippen molar-refractivity contribution in [2.45, 2.75) is 45.4 Å². The second-order valence-corrected chi connectivity index (χ2v) is 9.07. The van der Waals surface area contributed by atoms with E-state index in [9.17, 15) is 4.79 Å². The summed E-state index contributed by atoms with van der Waals surface area (Å²) in [5.41, 5.74) is 5.15. The van der Waals surface area contributed by atoms with Gasteiger partial charge in [0.2, 0.25) is 0 Å². The summed E-state index contributed by atoms with van der Waals surface area (Å²) in [6.45, 7) is 10.9. The van der Waals surface area contributed by atoms with E-state index in [4.69, 9.17) is 0 Å². The maximum absolute atomic E-state index is 13.0. The van der Waals surface area contributed by atoms with Gasteiger partial charge in [-0.05, 0) is 76.5 Å². The van der Waals surface area contributed by atoms with Crippen molar-refractivity contribution in [3.05, 3.63) is 79.9 Å². The van der Waals surface area contributed by atoms with Gasteiger partial charge >= 0.3 is 0 Å². The number of carbonyl (C=O) groups is 1. The number of hydrogen-bond donors (Lipinski definition) is 0. The monoisotopic (exact) mass is 430 g/mol. The van der Waals surface area contributed by atoms with E-state index < -0.39 is 0 Å². The summed E-state index contributed by atoms with van der Waals surface area (Å²) in [7, 11) is 0. The highest BCUT2D eigenvalue weighted by atomic mass is 127. The van der Waals surface area contributed by atoms with Crippen molar-refractivity contribution in [1.82, 2.24) is 0 Å². The normalized spacial score (nSPS) is 17.4. The molecular formula is C22H23IO. The maximum atomic E-state index is 13.0. The summed E-state index contributed by atoms with van der Waals surface area (Å²) in [6, 6.07) is 12.1. The summed E-state index contributed by atoms with van der Waals surface area (Å²) in [4.78, 5) is 13.0. The highest BCUT2D eigenvalue weighted by molar-refractivity contribution is 14.1. The Labute approximate surface area is 158 Å². The number of halogens is 1. The molecule has 0 bridgehead atoms.